The van der Waals surface area contributed by atoms with E-state index in [0.29, 0.717) is 4.99 Å². The van der Waals surface area contributed by atoms with Crippen LogP contribution in [0.2, 0.25) is 0 Å². The monoisotopic (exact) mass is 296 g/mol. The summed E-state index contributed by atoms with van der Waals surface area (Å²) in [4.78, 5) is 2.94. The van der Waals surface area contributed by atoms with E-state index < -0.39 is 0 Å². The summed E-state index contributed by atoms with van der Waals surface area (Å²) in [5, 5.41) is 0. The molecule has 21 heavy (non-hydrogen) atoms. The van der Waals surface area contributed by atoms with Gasteiger partial charge >= 0.3 is 0 Å². The largest absolute Gasteiger partial charge is 0.389 e. The number of rotatable bonds is 3. The SMILES string of the molecule is Cc1cc(C(N)=S)ccc1CN1CCCc2ccccc21. The van der Waals surface area contributed by atoms with E-state index in [1.807, 2.05) is 6.07 Å². The number of para-hydroxylation sites is 1. The van der Waals surface area contributed by atoms with Crippen molar-refractivity contribution in [2.24, 2.45) is 5.73 Å². The maximum absolute atomic E-state index is 5.70. The van der Waals surface area contributed by atoms with Crippen molar-refractivity contribution in [3.8, 4) is 0 Å². The number of anilines is 1. The highest BCUT2D eigenvalue weighted by Gasteiger charge is 2.17. The molecule has 0 aliphatic carbocycles. The van der Waals surface area contributed by atoms with Crippen molar-refractivity contribution in [2.45, 2.75) is 26.3 Å². The molecular formula is C18H20N2S. The summed E-state index contributed by atoms with van der Waals surface area (Å²) in [5.74, 6) is 0. The molecule has 0 radical (unpaired) electrons. The molecule has 0 spiro atoms. The summed E-state index contributed by atoms with van der Waals surface area (Å²) >= 11 is 5.05. The standard InChI is InChI=1S/C18H20N2S/c1-13-11-15(18(19)21)8-9-16(13)12-20-10-4-6-14-5-2-3-7-17(14)20/h2-3,5,7-9,11H,4,6,10,12H2,1H3,(H2,19,21). The second-order valence-corrected chi connectivity index (χ2v) is 6.10. The number of fused-ring (bicyclic) bond motifs is 1. The third-order valence-electron chi connectivity index (χ3n) is 4.19. The lowest BCUT2D eigenvalue weighted by Gasteiger charge is -2.31. The smallest absolute Gasteiger partial charge is 0.103 e. The van der Waals surface area contributed by atoms with Crippen LogP contribution in [-0.4, -0.2) is 11.5 Å². The molecule has 2 N–H and O–H groups in total. The molecule has 2 aromatic carbocycles. The lowest BCUT2D eigenvalue weighted by molar-refractivity contribution is 0.690. The van der Waals surface area contributed by atoms with Crippen LogP contribution in [0.4, 0.5) is 5.69 Å². The van der Waals surface area contributed by atoms with Gasteiger partial charge in [0, 0.05) is 24.3 Å². The molecule has 1 aliphatic rings. The maximum atomic E-state index is 5.70. The molecule has 1 aliphatic heterocycles. The van der Waals surface area contributed by atoms with Gasteiger partial charge in [0.05, 0.1) is 0 Å². The van der Waals surface area contributed by atoms with Crippen molar-refractivity contribution in [3.63, 3.8) is 0 Å². The average Bonchev–Trinajstić information content (AvgIpc) is 2.49. The first kappa shape index (κ1) is 14.1. The Morgan fingerprint density at radius 2 is 2.05 bits per heavy atom. The molecule has 0 aromatic heterocycles. The minimum absolute atomic E-state index is 0.466. The van der Waals surface area contributed by atoms with Gasteiger partial charge in [-0.15, -0.1) is 0 Å². The van der Waals surface area contributed by atoms with Crippen LogP contribution < -0.4 is 10.6 Å². The first-order valence-corrected chi connectivity index (χ1v) is 7.78. The number of hydrogen-bond acceptors (Lipinski definition) is 2. The van der Waals surface area contributed by atoms with Crippen molar-refractivity contribution >= 4 is 22.9 Å². The predicted octanol–water partition coefficient (Wildman–Crippen LogP) is 3.58. The topological polar surface area (TPSA) is 29.3 Å². The molecule has 0 fully saturated rings. The number of nitrogens with zero attached hydrogens (tertiary/aromatic N) is 1. The number of aryl methyl sites for hydroxylation is 2. The molecule has 3 rings (SSSR count). The Balaban J connectivity index is 1.86. The minimum Gasteiger partial charge on any atom is -0.389 e. The Morgan fingerprint density at radius 1 is 1.24 bits per heavy atom. The molecule has 0 bridgehead atoms. The fraction of sp³-hybridized carbons (Fsp3) is 0.278. The fourth-order valence-electron chi connectivity index (χ4n) is 3.01. The predicted molar refractivity (Wildman–Crippen MR) is 92.9 cm³/mol. The van der Waals surface area contributed by atoms with E-state index in [2.05, 4.69) is 48.2 Å². The summed E-state index contributed by atoms with van der Waals surface area (Å²) in [6, 6.07) is 15.0. The van der Waals surface area contributed by atoms with Gasteiger partial charge < -0.3 is 10.6 Å². The van der Waals surface area contributed by atoms with Crippen LogP contribution in [0.15, 0.2) is 42.5 Å². The fourth-order valence-corrected chi connectivity index (χ4v) is 3.13. The maximum Gasteiger partial charge on any atom is 0.103 e. The van der Waals surface area contributed by atoms with Crippen LogP contribution in [-0.2, 0) is 13.0 Å². The molecule has 0 saturated carbocycles. The highest BCUT2D eigenvalue weighted by Crippen LogP contribution is 2.28. The van der Waals surface area contributed by atoms with Crippen LogP contribution in [0.25, 0.3) is 0 Å². The zero-order chi connectivity index (χ0) is 14.8. The van der Waals surface area contributed by atoms with Gasteiger partial charge in [0.25, 0.3) is 0 Å². The van der Waals surface area contributed by atoms with Crippen molar-refractivity contribution in [1.29, 1.82) is 0 Å². The van der Waals surface area contributed by atoms with Gasteiger partial charge in [-0.2, -0.15) is 0 Å². The third-order valence-corrected chi connectivity index (χ3v) is 4.43. The quantitative estimate of drug-likeness (QED) is 0.878. The Labute approximate surface area is 131 Å². The van der Waals surface area contributed by atoms with E-state index in [9.17, 15) is 0 Å². The van der Waals surface area contributed by atoms with E-state index in [-0.39, 0.29) is 0 Å². The molecule has 0 amide bonds. The molecule has 1 heterocycles. The molecule has 2 nitrogen and oxygen atoms in total. The Kier molecular flexibility index (Phi) is 3.93. The molecular weight excluding hydrogens is 276 g/mol. The summed E-state index contributed by atoms with van der Waals surface area (Å²) in [6.45, 7) is 4.20. The first-order valence-electron chi connectivity index (χ1n) is 7.37. The Bertz CT molecular complexity index is 679. The number of nitrogens with two attached hydrogens (primary N) is 1. The average molecular weight is 296 g/mol. The molecule has 0 saturated heterocycles. The van der Waals surface area contributed by atoms with Crippen LogP contribution >= 0.6 is 12.2 Å². The summed E-state index contributed by atoms with van der Waals surface area (Å²) in [6.07, 6.45) is 2.41. The molecule has 2 aromatic rings. The van der Waals surface area contributed by atoms with Crippen LogP contribution in [0.1, 0.15) is 28.7 Å². The second kappa shape index (κ2) is 5.86. The van der Waals surface area contributed by atoms with Crippen LogP contribution in [0.3, 0.4) is 0 Å². The number of hydrogen-bond donors (Lipinski definition) is 1. The second-order valence-electron chi connectivity index (χ2n) is 5.66. The van der Waals surface area contributed by atoms with E-state index >= 15 is 0 Å². The first-order chi connectivity index (χ1) is 10.1. The van der Waals surface area contributed by atoms with E-state index in [1.165, 1.54) is 35.2 Å². The number of benzene rings is 2. The van der Waals surface area contributed by atoms with Crippen molar-refractivity contribution in [1.82, 2.24) is 0 Å². The Hall–Kier alpha value is -1.87. The minimum atomic E-state index is 0.466. The highest BCUT2D eigenvalue weighted by atomic mass is 32.1. The van der Waals surface area contributed by atoms with Gasteiger partial charge in [0.15, 0.2) is 0 Å². The van der Waals surface area contributed by atoms with Gasteiger partial charge in [-0.25, -0.2) is 0 Å². The van der Waals surface area contributed by atoms with Gasteiger partial charge in [-0.05, 0) is 48.6 Å². The van der Waals surface area contributed by atoms with Crippen LogP contribution in [0, 0.1) is 6.92 Å². The van der Waals surface area contributed by atoms with Crippen LogP contribution in [0.5, 0.6) is 0 Å². The Morgan fingerprint density at radius 3 is 2.81 bits per heavy atom. The van der Waals surface area contributed by atoms with E-state index in [4.69, 9.17) is 18.0 Å². The molecule has 0 atom stereocenters. The lowest BCUT2D eigenvalue weighted by Crippen LogP contribution is -2.29. The molecule has 3 heteroatoms. The summed E-state index contributed by atoms with van der Waals surface area (Å²) in [5.41, 5.74) is 12.1. The zero-order valence-corrected chi connectivity index (χ0v) is 13.1. The van der Waals surface area contributed by atoms with Gasteiger partial charge in [0.2, 0.25) is 0 Å². The van der Waals surface area contributed by atoms with Gasteiger partial charge in [-0.3, -0.25) is 0 Å². The van der Waals surface area contributed by atoms with Crippen molar-refractivity contribution in [3.05, 3.63) is 64.7 Å². The molecule has 0 unspecified atom stereocenters. The normalized spacial score (nSPS) is 13.9. The van der Waals surface area contributed by atoms with E-state index in [0.717, 1.165) is 18.7 Å². The zero-order valence-electron chi connectivity index (χ0n) is 12.3. The number of thiocarbonyl (C=S) groups is 1. The summed E-state index contributed by atoms with van der Waals surface area (Å²) in [7, 11) is 0. The third kappa shape index (κ3) is 2.93. The van der Waals surface area contributed by atoms with Crippen molar-refractivity contribution < 1.29 is 0 Å². The van der Waals surface area contributed by atoms with Gasteiger partial charge in [-0.1, -0.05) is 42.5 Å². The van der Waals surface area contributed by atoms with Crippen molar-refractivity contribution in [2.75, 3.05) is 11.4 Å². The highest BCUT2D eigenvalue weighted by molar-refractivity contribution is 7.80. The van der Waals surface area contributed by atoms with Gasteiger partial charge in [0.1, 0.15) is 4.99 Å². The molecule has 108 valence electrons. The van der Waals surface area contributed by atoms with E-state index in [1.54, 1.807) is 0 Å². The lowest BCUT2D eigenvalue weighted by atomic mass is 9.99. The summed E-state index contributed by atoms with van der Waals surface area (Å²) < 4.78 is 0.